The lowest BCUT2D eigenvalue weighted by molar-refractivity contribution is 0.130. The summed E-state index contributed by atoms with van der Waals surface area (Å²) >= 11 is 0. The summed E-state index contributed by atoms with van der Waals surface area (Å²) in [6, 6.07) is 11.8. The summed E-state index contributed by atoms with van der Waals surface area (Å²) in [5, 5.41) is 3.35. The van der Waals surface area contributed by atoms with Crippen LogP contribution in [0.15, 0.2) is 30.3 Å². The van der Waals surface area contributed by atoms with Crippen molar-refractivity contribution in [2.45, 2.75) is 69.9 Å². The number of anilines is 1. The molecule has 0 spiro atoms. The van der Waals surface area contributed by atoms with E-state index in [9.17, 15) is 4.79 Å². The molecule has 1 saturated carbocycles. The van der Waals surface area contributed by atoms with Gasteiger partial charge in [0.25, 0.3) is 0 Å². The molecule has 1 aliphatic carbocycles. The number of amides is 2. The third-order valence-corrected chi connectivity index (χ3v) is 7.09. The van der Waals surface area contributed by atoms with E-state index in [2.05, 4.69) is 50.3 Å². The average Bonchev–Trinajstić information content (AvgIpc) is 2.79. The molecule has 1 N–H and O–H groups in total. The number of hydrogen-bond donors (Lipinski definition) is 1. The monoisotopic (exact) mass is 470 g/mol. The minimum atomic E-state index is 0. The maximum Gasteiger partial charge on any atom is 0.317 e. The first kappa shape index (κ1) is 26.1. The van der Waals surface area contributed by atoms with Crippen molar-refractivity contribution < 1.29 is 4.79 Å². The zero-order chi connectivity index (χ0) is 19.9. The lowest BCUT2D eigenvalue weighted by Gasteiger charge is -2.40. The van der Waals surface area contributed by atoms with Crippen LogP contribution >= 0.6 is 24.8 Å². The van der Waals surface area contributed by atoms with Crippen LogP contribution in [0.1, 0.15) is 57.8 Å². The Hall–Kier alpha value is -1.17. The summed E-state index contributed by atoms with van der Waals surface area (Å²) in [6.45, 7) is 6.48. The van der Waals surface area contributed by atoms with E-state index in [1.165, 1.54) is 37.8 Å². The highest BCUT2D eigenvalue weighted by atomic mass is 35.5. The van der Waals surface area contributed by atoms with E-state index in [0.717, 1.165) is 65.0 Å². The number of carbonyl (C=O) groups excluding carboxylic acids is 1. The van der Waals surface area contributed by atoms with Crippen LogP contribution in [0.25, 0.3) is 0 Å². The number of halogens is 2. The van der Waals surface area contributed by atoms with E-state index in [1.807, 2.05) is 0 Å². The van der Waals surface area contributed by atoms with Crippen molar-refractivity contribution in [3.05, 3.63) is 30.3 Å². The smallest absolute Gasteiger partial charge is 0.317 e. The van der Waals surface area contributed by atoms with Crippen LogP contribution < -0.4 is 10.2 Å². The molecule has 3 fully saturated rings. The molecule has 2 saturated heterocycles. The summed E-state index contributed by atoms with van der Waals surface area (Å²) in [7, 11) is 0. The number of piperidine rings is 1. The van der Waals surface area contributed by atoms with Crippen molar-refractivity contribution in [2.75, 3.05) is 44.2 Å². The molecule has 7 heteroatoms. The Labute approximate surface area is 200 Å². The van der Waals surface area contributed by atoms with Crippen LogP contribution in [-0.4, -0.2) is 67.2 Å². The second-order valence-electron chi connectivity index (χ2n) is 9.08. The largest absolute Gasteiger partial charge is 0.369 e. The molecule has 2 aliphatic heterocycles. The fourth-order valence-corrected chi connectivity index (χ4v) is 5.27. The van der Waals surface area contributed by atoms with Gasteiger partial charge in [0, 0.05) is 57.0 Å². The number of rotatable bonds is 5. The predicted molar refractivity (Wildman–Crippen MR) is 134 cm³/mol. The molecular formula is C24H40Cl2N4O. The van der Waals surface area contributed by atoms with Crippen LogP contribution in [0.5, 0.6) is 0 Å². The summed E-state index contributed by atoms with van der Waals surface area (Å²) in [4.78, 5) is 20.2. The number of para-hydroxylation sites is 1. The number of benzene rings is 1. The summed E-state index contributed by atoms with van der Waals surface area (Å²) in [5.74, 6) is 0. The zero-order valence-corrected chi connectivity index (χ0v) is 20.3. The Balaban J connectivity index is 0.00000171. The van der Waals surface area contributed by atoms with Gasteiger partial charge in [-0.05, 0) is 50.7 Å². The van der Waals surface area contributed by atoms with Crippen molar-refractivity contribution in [1.29, 1.82) is 0 Å². The van der Waals surface area contributed by atoms with Crippen LogP contribution in [0.4, 0.5) is 10.5 Å². The Morgan fingerprint density at radius 2 is 1.52 bits per heavy atom. The van der Waals surface area contributed by atoms with Crippen molar-refractivity contribution in [3.63, 3.8) is 0 Å². The number of piperazine rings is 1. The molecular weight excluding hydrogens is 431 g/mol. The first-order valence-corrected chi connectivity index (χ1v) is 11.9. The molecule has 176 valence electrons. The second kappa shape index (κ2) is 13.4. The fraction of sp³-hybridized carbons (Fsp3) is 0.708. The topological polar surface area (TPSA) is 38.8 Å². The third-order valence-electron chi connectivity index (χ3n) is 7.09. The van der Waals surface area contributed by atoms with Crippen molar-refractivity contribution in [1.82, 2.24) is 15.1 Å². The molecule has 5 nitrogen and oxygen atoms in total. The van der Waals surface area contributed by atoms with E-state index < -0.39 is 0 Å². The molecule has 2 heterocycles. The highest BCUT2D eigenvalue weighted by molar-refractivity contribution is 5.85. The van der Waals surface area contributed by atoms with Crippen molar-refractivity contribution in [3.8, 4) is 0 Å². The second-order valence-corrected chi connectivity index (χ2v) is 9.08. The van der Waals surface area contributed by atoms with Crippen LogP contribution in [0, 0.1) is 0 Å². The summed E-state index contributed by atoms with van der Waals surface area (Å²) in [5.41, 5.74) is 1.34. The molecule has 1 atom stereocenters. The minimum absolute atomic E-state index is 0. The molecule has 0 bridgehead atoms. The van der Waals surface area contributed by atoms with Crippen LogP contribution in [0.3, 0.4) is 0 Å². The van der Waals surface area contributed by atoms with Gasteiger partial charge in [0.15, 0.2) is 0 Å². The lowest BCUT2D eigenvalue weighted by atomic mass is 9.95. The molecule has 4 rings (SSSR count). The van der Waals surface area contributed by atoms with Gasteiger partial charge in [-0.25, -0.2) is 4.79 Å². The average molecular weight is 472 g/mol. The molecule has 3 aliphatic rings. The molecule has 2 amide bonds. The molecule has 31 heavy (non-hydrogen) atoms. The van der Waals surface area contributed by atoms with E-state index in [1.54, 1.807) is 0 Å². The minimum Gasteiger partial charge on any atom is -0.369 e. The first-order chi connectivity index (χ1) is 14.3. The van der Waals surface area contributed by atoms with Gasteiger partial charge in [-0.1, -0.05) is 37.5 Å². The first-order valence-electron chi connectivity index (χ1n) is 11.9. The van der Waals surface area contributed by atoms with Gasteiger partial charge < -0.3 is 15.1 Å². The van der Waals surface area contributed by atoms with Crippen molar-refractivity contribution in [2.24, 2.45) is 0 Å². The quantitative estimate of drug-likeness (QED) is 0.661. The van der Waals surface area contributed by atoms with Gasteiger partial charge in [-0.3, -0.25) is 4.90 Å². The van der Waals surface area contributed by atoms with E-state index in [0.29, 0.717) is 12.1 Å². The standard InChI is InChI=1S/C24H38N4O.2ClH/c29-24(25-21-9-3-1-4-10-21)28-15-8-7-13-23(28)14-16-26-17-19-27(20-18-26)22-11-5-2-6-12-22;;/h2,5-6,11-12,21,23H,1,3-4,7-10,13-20H2,(H,25,29);2*1H. The highest BCUT2D eigenvalue weighted by Crippen LogP contribution is 2.23. The number of urea groups is 1. The Morgan fingerprint density at radius 1 is 0.839 bits per heavy atom. The van der Waals surface area contributed by atoms with Gasteiger partial charge in [0.2, 0.25) is 0 Å². The maximum atomic E-state index is 12.9. The molecule has 0 aromatic heterocycles. The number of carbonyl (C=O) groups is 1. The SMILES string of the molecule is Cl.Cl.O=C(NC1CCCCC1)N1CCCCC1CCN1CCN(c2ccccc2)CC1. The molecule has 0 radical (unpaired) electrons. The van der Waals surface area contributed by atoms with Crippen molar-refractivity contribution >= 4 is 36.5 Å². The van der Waals surface area contributed by atoms with Crippen LogP contribution in [0.2, 0.25) is 0 Å². The van der Waals surface area contributed by atoms with Crippen LogP contribution in [-0.2, 0) is 0 Å². The Kier molecular flexibility index (Phi) is 11.3. The molecule has 1 unspecified atom stereocenters. The zero-order valence-electron chi connectivity index (χ0n) is 18.7. The number of nitrogens with zero attached hydrogens (tertiary/aromatic N) is 3. The molecule has 1 aromatic rings. The normalized spacial score (nSPS) is 22.9. The Bertz CT molecular complexity index is 634. The Morgan fingerprint density at radius 3 is 2.23 bits per heavy atom. The van der Waals surface area contributed by atoms with E-state index in [4.69, 9.17) is 0 Å². The van der Waals surface area contributed by atoms with Gasteiger partial charge in [0.05, 0.1) is 0 Å². The van der Waals surface area contributed by atoms with Gasteiger partial charge in [-0.15, -0.1) is 24.8 Å². The van der Waals surface area contributed by atoms with Gasteiger partial charge >= 0.3 is 6.03 Å². The number of likely N-dealkylation sites (tertiary alicyclic amines) is 1. The van der Waals surface area contributed by atoms with Gasteiger partial charge in [-0.2, -0.15) is 0 Å². The maximum absolute atomic E-state index is 12.9. The molecule has 1 aromatic carbocycles. The predicted octanol–water partition coefficient (Wildman–Crippen LogP) is 4.94. The third kappa shape index (κ3) is 7.44. The number of hydrogen-bond acceptors (Lipinski definition) is 3. The lowest BCUT2D eigenvalue weighted by Crippen LogP contribution is -2.53. The summed E-state index contributed by atoms with van der Waals surface area (Å²) < 4.78 is 0. The summed E-state index contributed by atoms with van der Waals surface area (Å²) in [6.07, 6.45) is 10.9. The van der Waals surface area contributed by atoms with E-state index in [-0.39, 0.29) is 30.8 Å². The fourth-order valence-electron chi connectivity index (χ4n) is 5.27. The van der Waals surface area contributed by atoms with E-state index >= 15 is 0 Å². The number of nitrogens with one attached hydrogen (secondary N) is 1. The highest BCUT2D eigenvalue weighted by Gasteiger charge is 2.29. The van der Waals surface area contributed by atoms with Gasteiger partial charge in [0.1, 0.15) is 0 Å².